The molecule has 0 spiro atoms. The zero-order valence-electron chi connectivity index (χ0n) is 14.8. The van der Waals surface area contributed by atoms with Crippen LogP contribution in [0.3, 0.4) is 0 Å². The van der Waals surface area contributed by atoms with E-state index in [9.17, 15) is 18.3 Å². The Morgan fingerprint density at radius 2 is 2.00 bits per heavy atom. The second-order valence-corrected chi connectivity index (χ2v) is 8.18. The number of nitrogens with one attached hydrogen (secondary N) is 1. The highest BCUT2D eigenvalue weighted by atomic mass is 32.2. The fraction of sp³-hybridized carbons (Fsp3) is 0.412. The zero-order chi connectivity index (χ0) is 18.8. The summed E-state index contributed by atoms with van der Waals surface area (Å²) >= 11 is 0. The van der Waals surface area contributed by atoms with E-state index < -0.39 is 9.84 Å². The Morgan fingerprint density at radius 1 is 1.32 bits per heavy atom. The molecule has 0 aliphatic carbocycles. The van der Waals surface area contributed by atoms with Crippen molar-refractivity contribution < 1.29 is 18.3 Å². The van der Waals surface area contributed by atoms with Crippen molar-refractivity contribution in [2.45, 2.75) is 38.5 Å². The number of rotatable bonds is 6. The predicted molar refractivity (Wildman–Crippen MR) is 95.5 cm³/mol. The molecule has 136 valence electrons. The minimum absolute atomic E-state index is 0.0509. The van der Waals surface area contributed by atoms with Crippen molar-refractivity contribution in [2.75, 3.05) is 11.1 Å². The summed E-state index contributed by atoms with van der Waals surface area (Å²) in [7, 11) is -1.56. The van der Waals surface area contributed by atoms with Gasteiger partial charge in [-0.15, -0.1) is 0 Å². The number of aromatic hydroxyl groups is 1. The summed E-state index contributed by atoms with van der Waals surface area (Å²) in [6, 6.07) is 3.88. The first-order valence-electron chi connectivity index (χ1n) is 8.00. The average molecular weight is 365 g/mol. The number of phenolic OH excluding ortho intramolecular Hbond substituents is 1. The summed E-state index contributed by atoms with van der Waals surface area (Å²) < 4.78 is 25.6. The van der Waals surface area contributed by atoms with E-state index in [1.165, 1.54) is 18.2 Å². The van der Waals surface area contributed by atoms with Crippen molar-refractivity contribution in [1.29, 1.82) is 0 Å². The molecule has 0 unspecified atom stereocenters. The molecule has 8 heteroatoms. The summed E-state index contributed by atoms with van der Waals surface area (Å²) in [5, 5.41) is 16.8. The van der Waals surface area contributed by atoms with Crippen LogP contribution in [0.25, 0.3) is 0 Å². The number of aromatic nitrogens is 2. The summed E-state index contributed by atoms with van der Waals surface area (Å²) in [5.74, 6) is -0.522. The van der Waals surface area contributed by atoms with Crippen LogP contribution in [0.4, 0.5) is 5.69 Å². The van der Waals surface area contributed by atoms with Crippen LogP contribution in [0.1, 0.15) is 30.3 Å². The van der Waals surface area contributed by atoms with Crippen molar-refractivity contribution >= 4 is 21.4 Å². The number of benzene rings is 1. The van der Waals surface area contributed by atoms with Crippen LogP contribution in [0.15, 0.2) is 23.1 Å². The number of anilines is 1. The monoisotopic (exact) mass is 365 g/mol. The molecule has 0 saturated carbocycles. The molecule has 1 heterocycles. The molecule has 0 saturated heterocycles. The highest BCUT2D eigenvalue weighted by Gasteiger charge is 2.16. The quantitative estimate of drug-likeness (QED) is 0.764. The van der Waals surface area contributed by atoms with Crippen LogP contribution in [0, 0.1) is 13.8 Å². The van der Waals surface area contributed by atoms with E-state index in [4.69, 9.17) is 0 Å². The fourth-order valence-electron chi connectivity index (χ4n) is 2.61. The van der Waals surface area contributed by atoms with Gasteiger partial charge in [0, 0.05) is 19.2 Å². The Balaban J connectivity index is 2.11. The number of carbonyl (C=O) groups is 1. The Labute approximate surface area is 147 Å². The van der Waals surface area contributed by atoms with Gasteiger partial charge in [-0.25, -0.2) is 8.42 Å². The Kier molecular flexibility index (Phi) is 5.52. The molecule has 0 radical (unpaired) electrons. The fourth-order valence-corrected chi connectivity index (χ4v) is 3.51. The molecule has 25 heavy (non-hydrogen) atoms. The average Bonchev–Trinajstić information content (AvgIpc) is 2.80. The lowest BCUT2D eigenvalue weighted by atomic mass is 10.1. The van der Waals surface area contributed by atoms with E-state index in [-0.39, 0.29) is 34.4 Å². The van der Waals surface area contributed by atoms with Gasteiger partial charge in [-0.3, -0.25) is 9.48 Å². The Hall–Kier alpha value is -2.35. The van der Waals surface area contributed by atoms with E-state index in [0.717, 1.165) is 17.0 Å². The van der Waals surface area contributed by atoms with Gasteiger partial charge < -0.3 is 10.4 Å². The summed E-state index contributed by atoms with van der Waals surface area (Å²) in [4.78, 5) is 12.3. The van der Waals surface area contributed by atoms with E-state index in [1.54, 1.807) is 11.6 Å². The predicted octanol–water partition coefficient (Wildman–Crippen LogP) is 2.11. The molecule has 2 aromatic rings. The molecule has 0 aliphatic rings. The first-order chi connectivity index (χ1) is 11.7. The minimum Gasteiger partial charge on any atom is -0.506 e. The summed E-state index contributed by atoms with van der Waals surface area (Å²) in [5.41, 5.74) is 3.00. The maximum absolute atomic E-state index is 12.2. The summed E-state index contributed by atoms with van der Waals surface area (Å²) in [6.07, 6.45) is 0.725. The molecule has 2 N–H and O–H groups in total. The highest BCUT2D eigenvalue weighted by Crippen LogP contribution is 2.27. The van der Waals surface area contributed by atoms with E-state index in [0.29, 0.717) is 6.42 Å². The van der Waals surface area contributed by atoms with Gasteiger partial charge in [-0.2, -0.15) is 5.10 Å². The first kappa shape index (κ1) is 19.0. The van der Waals surface area contributed by atoms with Gasteiger partial charge >= 0.3 is 0 Å². The molecule has 0 aliphatic heterocycles. The maximum Gasteiger partial charge on any atom is 0.224 e. The SMILES string of the molecule is CCS(=O)(=O)c1ccc(O)c(NC(=O)CCc2c(C)nn(C)c2C)c1. The van der Waals surface area contributed by atoms with Gasteiger partial charge in [0.25, 0.3) is 0 Å². The number of hydrogen-bond donors (Lipinski definition) is 2. The van der Waals surface area contributed by atoms with Gasteiger partial charge in [-0.1, -0.05) is 6.92 Å². The molecule has 0 bridgehead atoms. The second-order valence-electron chi connectivity index (χ2n) is 5.90. The zero-order valence-corrected chi connectivity index (χ0v) is 15.6. The topological polar surface area (TPSA) is 101 Å². The molecule has 1 aromatic heterocycles. The van der Waals surface area contributed by atoms with E-state index in [1.807, 2.05) is 20.9 Å². The number of hydrogen-bond acceptors (Lipinski definition) is 5. The van der Waals surface area contributed by atoms with Crippen LogP contribution in [-0.4, -0.2) is 35.0 Å². The van der Waals surface area contributed by atoms with Gasteiger partial charge in [-0.05, 0) is 44.0 Å². The number of aryl methyl sites for hydroxylation is 2. The lowest BCUT2D eigenvalue weighted by Crippen LogP contribution is -2.13. The lowest BCUT2D eigenvalue weighted by molar-refractivity contribution is -0.116. The second kappa shape index (κ2) is 7.26. The minimum atomic E-state index is -3.41. The Bertz CT molecular complexity index is 901. The highest BCUT2D eigenvalue weighted by molar-refractivity contribution is 7.91. The van der Waals surface area contributed by atoms with Crippen molar-refractivity contribution in [3.05, 3.63) is 35.2 Å². The van der Waals surface area contributed by atoms with Gasteiger partial charge in [0.05, 0.1) is 22.0 Å². The Morgan fingerprint density at radius 3 is 2.56 bits per heavy atom. The molecular weight excluding hydrogens is 342 g/mol. The first-order valence-corrected chi connectivity index (χ1v) is 9.65. The third-order valence-corrected chi connectivity index (χ3v) is 5.97. The van der Waals surface area contributed by atoms with Crippen LogP contribution < -0.4 is 5.32 Å². The molecule has 1 aromatic carbocycles. The molecule has 0 atom stereocenters. The molecule has 7 nitrogen and oxygen atoms in total. The molecular formula is C17H23N3O4S. The third kappa shape index (κ3) is 4.19. The number of sulfone groups is 1. The van der Waals surface area contributed by atoms with Crippen LogP contribution in [0.5, 0.6) is 5.75 Å². The van der Waals surface area contributed by atoms with E-state index >= 15 is 0 Å². The summed E-state index contributed by atoms with van der Waals surface area (Å²) in [6.45, 7) is 5.38. The van der Waals surface area contributed by atoms with E-state index in [2.05, 4.69) is 10.4 Å². The number of carbonyl (C=O) groups excluding carboxylic acids is 1. The lowest BCUT2D eigenvalue weighted by Gasteiger charge is -2.10. The molecule has 1 amide bonds. The number of nitrogens with zero attached hydrogens (tertiary/aromatic N) is 2. The van der Waals surface area contributed by atoms with Gasteiger partial charge in [0.1, 0.15) is 5.75 Å². The molecule has 2 rings (SSSR count). The van der Waals surface area contributed by atoms with Crippen molar-refractivity contribution in [3.63, 3.8) is 0 Å². The molecule has 0 fully saturated rings. The normalized spacial score (nSPS) is 11.5. The van der Waals surface area contributed by atoms with Crippen LogP contribution in [0.2, 0.25) is 0 Å². The number of phenols is 1. The van der Waals surface area contributed by atoms with Crippen molar-refractivity contribution in [3.8, 4) is 5.75 Å². The third-order valence-electron chi connectivity index (χ3n) is 4.24. The number of amides is 1. The van der Waals surface area contributed by atoms with Crippen molar-refractivity contribution in [1.82, 2.24) is 9.78 Å². The standard InChI is InChI=1S/C17H23N3O4S/c1-5-25(23,24)13-6-8-16(21)15(10-13)18-17(22)9-7-14-11(2)19-20(4)12(14)3/h6,8,10,21H,5,7,9H2,1-4H3,(H,18,22). The van der Waals surface area contributed by atoms with Crippen LogP contribution >= 0.6 is 0 Å². The van der Waals surface area contributed by atoms with Crippen LogP contribution in [-0.2, 0) is 28.1 Å². The van der Waals surface area contributed by atoms with Gasteiger partial charge in [0.15, 0.2) is 9.84 Å². The maximum atomic E-state index is 12.2. The van der Waals surface area contributed by atoms with Crippen molar-refractivity contribution in [2.24, 2.45) is 7.05 Å². The smallest absolute Gasteiger partial charge is 0.224 e. The van der Waals surface area contributed by atoms with Gasteiger partial charge in [0.2, 0.25) is 5.91 Å². The largest absolute Gasteiger partial charge is 0.506 e.